The van der Waals surface area contributed by atoms with E-state index in [2.05, 4.69) is 25.6 Å². The number of anilines is 5. The van der Waals surface area contributed by atoms with E-state index in [1.807, 2.05) is 37.2 Å². The zero-order valence-electron chi connectivity index (χ0n) is 19.2. The Kier molecular flexibility index (Phi) is 5.96. The van der Waals surface area contributed by atoms with Crippen molar-refractivity contribution in [1.29, 1.82) is 0 Å². The molecule has 2 aromatic heterocycles. The van der Waals surface area contributed by atoms with E-state index in [9.17, 15) is 13.6 Å². The first kappa shape index (κ1) is 22.6. The average molecular weight is 476 g/mol. The van der Waals surface area contributed by atoms with Gasteiger partial charge in [-0.25, -0.2) is 13.8 Å². The number of nitrogens with one attached hydrogen (secondary N) is 2. The van der Waals surface area contributed by atoms with Crippen molar-refractivity contribution in [2.45, 2.75) is 6.42 Å². The second-order valence-corrected chi connectivity index (χ2v) is 8.55. The van der Waals surface area contributed by atoms with Crippen molar-refractivity contribution in [3.63, 3.8) is 0 Å². The lowest BCUT2D eigenvalue weighted by molar-refractivity contribution is -0.119. The third-order valence-electron chi connectivity index (χ3n) is 5.66. The number of pyridine rings is 1. The molecule has 0 saturated heterocycles. The maximum Gasteiger partial charge on any atom is 0.241 e. The monoisotopic (exact) mass is 475 g/mol. The maximum atomic E-state index is 13.9. The molecule has 35 heavy (non-hydrogen) atoms. The lowest BCUT2D eigenvalue weighted by Gasteiger charge is -2.20. The zero-order valence-corrected chi connectivity index (χ0v) is 19.2. The number of aromatic nitrogens is 3. The Hall–Kier alpha value is -4.18. The van der Waals surface area contributed by atoms with Gasteiger partial charge in [-0.05, 0) is 62.5 Å². The van der Waals surface area contributed by atoms with Crippen molar-refractivity contribution < 1.29 is 13.6 Å². The fraction of sp³-hybridized carbons (Fsp3) is 0.200. The van der Waals surface area contributed by atoms with Crippen molar-refractivity contribution >= 4 is 45.6 Å². The molecule has 3 heterocycles. The van der Waals surface area contributed by atoms with Crippen LogP contribution >= 0.6 is 0 Å². The number of amides is 1. The first-order valence-corrected chi connectivity index (χ1v) is 11.1. The fourth-order valence-electron chi connectivity index (χ4n) is 4.05. The van der Waals surface area contributed by atoms with E-state index < -0.39 is 11.6 Å². The molecule has 4 aromatic rings. The van der Waals surface area contributed by atoms with Crippen molar-refractivity contribution in [2.75, 3.05) is 42.7 Å². The number of benzene rings is 2. The molecule has 178 valence electrons. The summed E-state index contributed by atoms with van der Waals surface area (Å²) in [7, 11) is 3.74. The first-order chi connectivity index (χ1) is 16.9. The van der Waals surface area contributed by atoms with Gasteiger partial charge in [0.25, 0.3) is 0 Å². The summed E-state index contributed by atoms with van der Waals surface area (Å²) in [5.74, 6) is -0.996. The van der Waals surface area contributed by atoms with Gasteiger partial charge in [-0.2, -0.15) is 4.98 Å². The van der Waals surface area contributed by atoms with Gasteiger partial charge in [-0.1, -0.05) is 6.07 Å². The highest BCUT2D eigenvalue weighted by molar-refractivity contribution is 5.97. The SMILES string of the molecule is CN(C)CC(=O)N1CCc2ccc(Nc3nccc(Nc4cnc5c(F)c(F)ccc5c4)n3)cc21. The lowest BCUT2D eigenvalue weighted by Crippen LogP contribution is -2.36. The van der Waals surface area contributed by atoms with Gasteiger partial charge in [0.1, 0.15) is 11.3 Å². The number of nitrogens with zero attached hydrogens (tertiary/aromatic N) is 5. The van der Waals surface area contributed by atoms with Crippen LogP contribution in [0.4, 0.5) is 37.6 Å². The predicted molar refractivity (Wildman–Crippen MR) is 131 cm³/mol. The molecule has 1 aliphatic rings. The van der Waals surface area contributed by atoms with Gasteiger partial charge in [0.2, 0.25) is 11.9 Å². The molecule has 1 aliphatic heterocycles. The quantitative estimate of drug-likeness (QED) is 0.431. The third-order valence-corrected chi connectivity index (χ3v) is 5.66. The summed E-state index contributed by atoms with van der Waals surface area (Å²) < 4.78 is 27.3. The topological polar surface area (TPSA) is 86.3 Å². The normalized spacial score (nSPS) is 12.8. The molecule has 0 atom stereocenters. The van der Waals surface area contributed by atoms with Gasteiger partial charge in [0.05, 0.1) is 18.4 Å². The highest BCUT2D eigenvalue weighted by Gasteiger charge is 2.25. The van der Waals surface area contributed by atoms with Gasteiger partial charge < -0.3 is 20.4 Å². The molecule has 5 rings (SSSR count). The number of carbonyl (C=O) groups is 1. The Morgan fingerprint density at radius 1 is 1.06 bits per heavy atom. The van der Waals surface area contributed by atoms with E-state index in [-0.39, 0.29) is 11.4 Å². The average Bonchev–Trinajstić information content (AvgIpc) is 3.25. The second kappa shape index (κ2) is 9.22. The molecule has 0 radical (unpaired) electrons. The number of hydrogen-bond acceptors (Lipinski definition) is 7. The highest BCUT2D eigenvalue weighted by Crippen LogP contribution is 2.32. The highest BCUT2D eigenvalue weighted by atomic mass is 19.2. The largest absolute Gasteiger partial charge is 0.339 e. The molecule has 0 fully saturated rings. The van der Waals surface area contributed by atoms with E-state index in [4.69, 9.17) is 0 Å². The smallest absolute Gasteiger partial charge is 0.241 e. The van der Waals surface area contributed by atoms with Crippen LogP contribution < -0.4 is 15.5 Å². The molecular weight excluding hydrogens is 452 g/mol. The minimum absolute atomic E-state index is 0.0321. The van der Waals surface area contributed by atoms with Crippen molar-refractivity contribution in [3.05, 3.63) is 72.1 Å². The van der Waals surface area contributed by atoms with E-state index in [1.165, 1.54) is 12.3 Å². The summed E-state index contributed by atoms with van der Waals surface area (Å²) in [5, 5.41) is 6.76. The molecule has 0 bridgehead atoms. The van der Waals surface area contributed by atoms with E-state index in [1.54, 1.807) is 23.2 Å². The molecule has 0 aliphatic carbocycles. The Bertz CT molecular complexity index is 1430. The molecule has 2 N–H and O–H groups in total. The van der Waals surface area contributed by atoms with Gasteiger partial charge in [0, 0.05) is 29.5 Å². The molecule has 1 amide bonds. The van der Waals surface area contributed by atoms with E-state index in [0.29, 0.717) is 35.9 Å². The fourth-order valence-corrected chi connectivity index (χ4v) is 4.05. The van der Waals surface area contributed by atoms with Crippen LogP contribution in [-0.4, -0.2) is 52.9 Å². The molecule has 2 aromatic carbocycles. The van der Waals surface area contributed by atoms with Crippen LogP contribution in [0.5, 0.6) is 0 Å². The Morgan fingerprint density at radius 3 is 2.74 bits per heavy atom. The summed E-state index contributed by atoms with van der Waals surface area (Å²) in [6.07, 6.45) is 3.84. The van der Waals surface area contributed by atoms with Crippen molar-refractivity contribution in [3.8, 4) is 0 Å². The van der Waals surface area contributed by atoms with Crippen LogP contribution in [0.1, 0.15) is 5.56 Å². The standard InChI is InChI=1S/C25H23F2N7O/c1-33(2)14-22(35)34-10-8-15-3-5-17(12-20(15)34)31-25-28-9-7-21(32-25)30-18-11-16-4-6-19(26)23(27)24(16)29-13-18/h3-7,9,11-13H,8,10,14H2,1-2H3,(H2,28,30,31,32). The summed E-state index contributed by atoms with van der Waals surface area (Å²) in [5.41, 5.74) is 3.31. The van der Waals surface area contributed by atoms with Crippen LogP contribution in [-0.2, 0) is 11.2 Å². The molecular formula is C25H23F2N7O. The Morgan fingerprint density at radius 2 is 1.91 bits per heavy atom. The van der Waals surface area contributed by atoms with Gasteiger partial charge in [0.15, 0.2) is 11.6 Å². The van der Waals surface area contributed by atoms with Crippen molar-refractivity contribution in [1.82, 2.24) is 19.9 Å². The Labute approximate surface area is 200 Å². The lowest BCUT2D eigenvalue weighted by atomic mass is 10.1. The number of carbonyl (C=O) groups excluding carboxylic acids is 1. The molecule has 0 saturated carbocycles. The summed E-state index contributed by atoms with van der Waals surface area (Å²) in [6, 6.07) is 11.8. The second-order valence-electron chi connectivity index (χ2n) is 8.55. The minimum atomic E-state index is -0.973. The molecule has 10 heteroatoms. The van der Waals surface area contributed by atoms with Gasteiger partial charge in [-0.15, -0.1) is 0 Å². The van der Waals surface area contributed by atoms with Crippen LogP contribution in [0.2, 0.25) is 0 Å². The zero-order chi connectivity index (χ0) is 24.5. The summed E-state index contributed by atoms with van der Waals surface area (Å²) in [6.45, 7) is 1.01. The predicted octanol–water partition coefficient (Wildman–Crippen LogP) is 4.24. The Balaban J connectivity index is 1.33. The van der Waals surface area contributed by atoms with Gasteiger partial charge in [-0.3, -0.25) is 9.78 Å². The van der Waals surface area contributed by atoms with Crippen LogP contribution in [0, 0.1) is 11.6 Å². The molecule has 0 unspecified atom stereocenters. The molecule has 0 spiro atoms. The maximum absolute atomic E-state index is 13.9. The van der Waals surface area contributed by atoms with Crippen molar-refractivity contribution in [2.24, 2.45) is 0 Å². The summed E-state index contributed by atoms with van der Waals surface area (Å²) in [4.78, 5) is 29.1. The third kappa shape index (κ3) is 4.73. The number of halogens is 2. The van der Waals surface area contributed by atoms with Gasteiger partial charge >= 0.3 is 0 Å². The van der Waals surface area contributed by atoms with Crippen LogP contribution in [0.3, 0.4) is 0 Å². The number of fused-ring (bicyclic) bond motifs is 2. The first-order valence-electron chi connectivity index (χ1n) is 11.1. The van der Waals surface area contributed by atoms with Crippen LogP contribution in [0.15, 0.2) is 54.9 Å². The number of hydrogen-bond donors (Lipinski definition) is 2. The minimum Gasteiger partial charge on any atom is -0.339 e. The summed E-state index contributed by atoms with van der Waals surface area (Å²) >= 11 is 0. The molecule has 8 nitrogen and oxygen atoms in total. The van der Waals surface area contributed by atoms with E-state index in [0.717, 1.165) is 29.4 Å². The number of rotatable bonds is 6. The number of likely N-dealkylation sites (N-methyl/N-ethyl adjacent to an activating group) is 1. The van der Waals surface area contributed by atoms with Crippen LogP contribution in [0.25, 0.3) is 10.9 Å². The van der Waals surface area contributed by atoms with E-state index >= 15 is 0 Å².